The fourth-order valence-corrected chi connectivity index (χ4v) is 2.32. The van der Waals surface area contributed by atoms with E-state index in [9.17, 15) is 14.0 Å². The van der Waals surface area contributed by atoms with Gasteiger partial charge in [-0.15, -0.1) is 0 Å². The fourth-order valence-electron chi connectivity index (χ4n) is 2.32. The second-order valence-electron chi connectivity index (χ2n) is 5.66. The molecule has 0 unspecified atom stereocenters. The molecule has 3 aromatic rings. The van der Waals surface area contributed by atoms with E-state index in [0.29, 0.717) is 11.4 Å². The summed E-state index contributed by atoms with van der Waals surface area (Å²) in [5.41, 5.74) is 2.66. The van der Waals surface area contributed by atoms with Crippen LogP contribution in [0.15, 0.2) is 65.7 Å². The summed E-state index contributed by atoms with van der Waals surface area (Å²) in [6.07, 6.45) is 1.35. The molecule has 1 N–H and O–H groups in total. The molecule has 126 valence electrons. The molecule has 6 heteroatoms. The molecule has 1 amide bonds. The van der Waals surface area contributed by atoms with E-state index in [4.69, 9.17) is 0 Å². The Morgan fingerprint density at radius 3 is 2.44 bits per heavy atom. The molecule has 2 aromatic carbocycles. The average Bonchev–Trinajstić information content (AvgIpc) is 2.59. The molecule has 0 aliphatic heterocycles. The normalized spacial score (nSPS) is 10.5. The monoisotopic (exact) mass is 337 g/mol. The number of carbonyl (C=O) groups is 1. The quantitative estimate of drug-likeness (QED) is 0.796. The largest absolute Gasteiger partial charge is 0.325 e. The maximum Gasteiger partial charge on any atom is 0.254 e. The molecular formula is C19H16FN3O2. The maximum atomic E-state index is 12.9. The molecule has 0 aliphatic rings. The van der Waals surface area contributed by atoms with Crippen LogP contribution in [0.2, 0.25) is 0 Å². The second-order valence-corrected chi connectivity index (χ2v) is 5.66. The SMILES string of the molecule is Cc1ccc(-c2cc(=O)n(CC(=O)Nc3ccc(F)cc3)cn2)cc1. The minimum absolute atomic E-state index is 0.169. The van der Waals surface area contributed by atoms with Crippen LogP contribution in [0.25, 0.3) is 11.3 Å². The highest BCUT2D eigenvalue weighted by Gasteiger charge is 2.08. The van der Waals surface area contributed by atoms with Crippen molar-refractivity contribution in [2.45, 2.75) is 13.5 Å². The first-order valence-corrected chi connectivity index (χ1v) is 7.70. The molecule has 1 aromatic heterocycles. The number of nitrogens with one attached hydrogen (secondary N) is 1. The van der Waals surface area contributed by atoms with Crippen LogP contribution >= 0.6 is 0 Å². The van der Waals surface area contributed by atoms with E-state index < -0.39 is 5.91 Å². The highest BCUT2D eigenvalue weighted by Crippen LogP contribution is 2.15. The summed E-state index contributed by atoms with van der Waals surface area (Å²) in [6, 6.07) is 14.5. The molecular weight excluding hydrogens is 321 g/mol. The highest BCUT2D eigenvalue weighted by molar-refractivity contribution is 5.90. The van der Waals surface area contributed by atoms with Gasteiger partial charge < -0.3 is 5.32 Å². The summed E-state index contributed by atoms with van der Waals surface area (Å²) < 4.78 is 14.1. The van der Waals surface area contributed by atoms with Crippen molar-refractivity contribution in [3.63, 3.8) is 0 Å². The first kappa shape index (κ1) is 16.6. The Bertz CT molecular complexity index is 948. The summed E-state index contributed by atoms with van der Waals surface area (Å²) >= 11 is 0. The van der Waals surface area contributed by atoms with Crippen LogP contribution in [0.4, 0.5) is 10.1 Å². The number of benzene rings is 2. The molecule has 0 spiro atoms. The van der Waals surface area contributed by atoms with Crippen molar-refractivity contribution in [3.05, 3.63) is 82.7 Å². The summed E-state index contributed by atoms with van der Waals surface area (Å²) in [6.45, 7) is 1.81. The second kappa shape index (κ2) is 7.09. The number of nitrogens with zero attached hydrogens (tertiary/aromatic N) is 2. The van der Waals surface area contributed by atoms with Gasteiger partial charge in [0.2, 0.25) is 5.91 Å². The van der Waals surface area contributed by atoms with E-state index in [1.54, 1.807) is 0 Å². The zero-order valence-electron chi connectivity index (χ0n) is 13.6. The number of halogens is 1. The van der Waals surface area contributed by atoms with Crippen LogP contribution in [-0.4, -0.2) is 15.5 Å². The standard InChI is InChI=1S/C19H16FN3O2/c1-13-2-4-14(5-3-13)17-10-19(25)23(12-21-17)11-18(24)22-16-8-6-15(20)7-9-16/h2-10,12H,11H2,1H3,(H,22,24). The minimum Gasteiger partial charge on any atom is -0.325 e. The van der Waals surface area contributed by atoms with Crippen molar-refractivity contribution >= 4 is 11.6 Å². The van der Waals surface area contributed by atoms with Crippen LogP contribution in [0.5, 0.6) is 0 Å². The van der Waals surface area contributed by atoms with Crippen molar-refractivity contribution in [3.8, 4) is 11.3 Å². The van der Waals surface area contributed by atoms with Gasteiger partial charge in [-0.1, -0.05) is 29.8 Å². The summed E-state index contributed by atoms with van der Waals surface area (Å²) in [5, 5.41) is 2.60. The Morgan fingerprint density at radius 2 is 1.80 bits per heavy atom. The van der Waals surface area contributed by atoms with Gasteiger partial charge in [0, 0.05) is 17.3 Å². The molecule has 0 saturated heterocycles. The Balaban J connectivity index is 1.72. The maximum absolute atomic E-state index is 12.9. The van der Waals surface area contributed by atoms with Gasteiger partial charge in [-0.2, -0.15) is 0 Å². The Kier molecular flexibility index (Phi) is 4.70. The number of aromatic nitrogens is 2. The van der Waals surface area contributed by atoms with E-state index >= 15 is 0 Å². The van der Waals surface area contributed by atoms with E-state index in [-0.39, 0.29) is 17.9 Å². The Labute approximate surface area is 143 Å². The van der Waals surface area contributed by atoms with Crippen molar-refractivity contribution in [2.75, 3.05) is 5.32 Å². The van der Waals surface area contributed by atoms with Crippen LogP contribution < -0.4 is 10.9 Å². The molecule has 25 heavy (non-hydrogen) atoms. The minimum atomic E-state index is -0.390. The van der Waals surface area contributed by atoms with Crippen molar-refractivity contribution in [2.24, 2.45) is 0 Å². The summed E-state index contributed by atoms with van der Waals surface area (Å²) in [5.74, 6) is -0.774. The third-order valence-corrected chi connectivity index (χ3v) is 3.67. The van der Waals surface area contributed by atoms with Gasteiger partial charge in [-0.25, -0.2) is 9.37 Å². The molecule has 0 aliphatic carbocycles. The smallest absolute Gasteiger partial charge is 0.254 e. The van der Waals surface area contributed by atoms with Crippen molar-refractivity contribution in [1.82, 2.24) is 9.55 Å². The Hall–Kier alpha value is -3.28. The number of rotatable bonds is 4. The van der Waals surface area contributed by atoms with Crippen molar-refractivity contribution in [1.29, 1.82) is 0 Å². The molecule has 1 heterocycles. The lowest BCUT2D eigenvalue weighted by Crippen LogP contribution is -2.27. The fraction of sp³-hybridized carbons (Fsp3) is 0.105. The molecule has 3 rings (SSSR count). The molecule has 0 saturated carbocycles. The molecule has 0 fully saturated rings. The number of carbonyl (C=O) groups excluding carboxylic acids is 1. The van der Waals surface area contributed by atoms with Crippen LogP contribution in [0.1, 0.15) is 5.56 Å². The van der Waals surface area contributed by atoms with Gasteiger partial charge >= 0.3 is 0 Å². The van der Waals surface area contributed by atoms with Gasteiger partial charge in [-0.3, -0.25) is 14.2 Å². The van der Waals surface area contributed by atoms with Gasteiger partial charge in [0.1, 0.15) is 12.4 Å². The van der Waals surface area contributed by atoms with Gasteiger partial charge in [-0.05, 0) is 31.2 Å². The summed E-state index contributed by atoms with van der Waals surface area (Å²) in [4.78, 5) is 28.5. The third kappa shape index (κ3) is 4.17. The first-order valence-electron chi connectivity index (χ1n) is 7.70. The molecule has 0 atom stereocenters. The van der Waals surface area contributed by atoms with Gasteiger partial charge in [0.15, 0.2) is 0 Å². The van der Waals surface area contributed by atoms with E-state index in [1.807, 2.05) is 31.2 Å². The zero-order valence-corrected chi connectivity index (χ0v) is 13.6. The lowest BCUT2D eigenvalue weighted by Gasteiger charge is -2.08. The molecule has 0 bridgehead atoms. The van der Waals surface area contributed by atoms with E-state index in [2.05, 4.69) is 10.3 Å². The van der Waals surface area contributed by atoms with E-state index in [0.717, 1.165) is 11.1 Å². The predicted octanol–water partition coefficient (Wildman–Crippen LogP) is 3.00. The molecule has 0 radical (unpaired) electrons. The van der Waals surface area contributed by atoms with E-state index in [1.165, 1.54) is 41.2 Å². The number of aryl methyl sites for hydroxylation is 1. The van der Waals surface area contributed by atoms with Crippen LogP contribution in [0.3, 0.4) is 0 Å². The van der Waals surface area contributed by atoms with Crippen LogP contribution in [-0.2, 0) is 11.3 Å². The summed E-state index contributed by atoms with van der Waals surface area (Å²) in [7, 11) is 0. The van der Waals surface area contributed by atoms with Crippen molar-refractivity contribution < 1.29 is 9.18 Å². The number of amides is 1. The number of hydrogen-bond acceptors (Lipinski definition) is 3. The first-order chi connectivity index (χ1) is 12.0. The highest BCUT2D eigenvalue weighted by atomic mass is 19.1. The topological polar surface area (TPSA) is 64.0 Å². The third-order valence-electron chi connectivity index (χ3n) is 3.67. The zero-order chi connectivity index (χ0) is 17.8. The van der Waals surface area contributed by atoms with Gasteiger partial charge in [0.25, 0.3) is 5.56 Å². The number of hydrogen-bond donors (Lipinski definition) is 1. The molecule has 5 nitrogen and oxygen atoms in total. The predicted molar refractivity (Wildman–Crippen MR) is 93.7 cm³/mol. The average molecular weight is 337 g/mol. The number of anilines is 1. The lowest BCUT2D eigenvalue weighted by atomic mass is 10.1. The lowest BCUT2D eigenvalue weighted by molar-refractivity contribution is -0.116. The van der Waals surface area contributed by atoms with Gasteiger partial charge in [0.05, 0.1) is 12.0 Å². The Morgan fingerprint density at radius 1 is 1.12 bits per heavy atom. The van der Waals surface area contributed by atoms with Crippen LogP contribution in [0, 0.1) is 12.7 Å².